The summed E-state index contributed by atoms with van der Waals surface area (Å²) in [5, 5.41) is 11.4. The first-order chi connectivity index (χ1) is 12.6. The van der Waals surface area contributed by atoms with Gasteiger partial charge in [-0.25, -0.2) is 9.97 Å². The standard InChI is InChI=1S/C18H23ClN6O/c1-11(26)22-13-2-4-14(5-3-13)23-18-20-9-16(19)17(24-18)12-8-21-25(10-12)15-6-7-15/h8-10,13-15H,2-7H2,1H3,(H,22,26)(H,20,23,24). The summed E-state index contributed by atoms with van der Waals surface area (Å²) >= 11 is 6.32. The summed E-state index contributed by atoms with van der Waals surface area (Å²) in [6.07, 6.45) is 11.7. The highest BCUT2D eigenvalue weighted by Gasteiger charge is 2.25. The fraction of sp³-hybridized carbons (Fsp3) is 0.556. The molecule has 2 aliphatic rings. The van der Waals surface area contributed by atoms with Crippen LogP contribution >= 0.6 is 11.6 Å². The van der Waals surface area contributed by atoms with E-state index in [0.29, 0.717) is 28.7 Å². The van der Waals surface area contributed by atoms with Crippen LogP contribution in [0.5, 0.6) is 0 Å². The highest BCUT2D eigenvalue weighted by molar-refractivity contribution is 6.32. The number of aromatic nitrogens is 4. The summed E-state index contributed by atoms with van der Waals surface area (Å²) in [6, 6.07) is 1.12. The number of anilines is 1. The lowest BCUT2D eigenvalue weighted by molar-refractivity contribution is -0.119. The first-order valence-electron chi connectivity index (χ1n) is 9.19. The molecule has 2 N–H and O–H groups in total. The van der Waals surface area contributed by atoms with E-state index in [-0.39, 0.29) is 11.9 Å². The van der Waals surface area contributed by atoms with Gasteiger partial charge in [-0.15, -0.1) is 0 Å². The molecule has 0 aliphatic heterocycles. The Bertz CT molecular complexity index is 795. The van der Waals surface area contributed by atoms with Gasteiger partial charge < -0.3 is 10.6 Å². The molecular weight excluding hydrogens is 352 g/mol. The number of rotatable bonds is 5. The van der Waals surface area contributed by atoms with Gasteiger partial charge >= 0.3 is 0 Å². The monoisotopic (exact) mass is 374 g/mol. The molecule has 26 heavy (non-hydrogen) atoms. The highest BCUT2D eigenvalue weighted by Crippen LogP contribution is 2.36. The van der Waals surface area contributed by atoms with E-state index in [1.165, 1.54) is 12.8 Å². The van der Waals surface area contributed by atoms with Crippen molar-refractivity contribution in [1.82, 2.24) is 25.1 Å². The molecule has 2 heterocycles. The van der Waals surface area contributed by atoms with Gasteiger partial charge in [0.2, 0.25) is 11.9 Å². The predicted molar refractivity (Wildman–Crippen MR) is 100 cm³/mol. The van der Waals surface area contributed by atoms with Crippen LogP contribution in [0.2, 0.25) is 5.02 Å². The van der Waals surface area contributed by atoms with Gasteiger partial charge in [-0.1, -0.05) is 11.6 Å². The molecule has 2 saturated carbocycles. The Kier molecular flexibility index (Phi) is 4.80. The first-order valence-corrected chi connectivity index (χ1v) is 9.57. The maximum absolute atomic E-state index is 11.2. The molecule has 1 amide bonds. The van der Waals surface area contributed by atoms with Crippen LogP contribution in [-0.4, -0.2) is 37.7 Å². The molecule has 0 unspecified atom stereocenters. The number of carbonyl (C=O) groups excluding carboxylic acids is 1. The Morgan fingerprint density at radius 2 is 1.88 bits per heavy atom. The number of nitrogens with zero attached hydrogens (tertiary/aromatic N) is 4. The summed E-state index contributed by atoms with van der Waals surface area (Å²) in [6.45, 7) is 1.57. The van der Waals surface area contributed by atoms with Crippen molar-refractivity contribution in [3.63, 3.8) is 0 Å². The Labute approximate surface area is 157 Å². The van der Waals surface area contributed by atoms with E-state index in [9.17, 15) is 4.79 Å². The lowest BCUT2D eigenvalue weighted by Crippen LogP contribution is -2.39. The molecule has 2 aromatic heterocycles. The lowest BCUT2D eigenvalue weighted by atomic mass is 9.91. The molecule has 8 heteroatoms. The van der Waals surface area contributed by atoms with Gasteiger partial charge in [0.25, 0.3) is 0 Å². The third kappa shape index (κ3) is 3.98. The van der Waals surface area contributed by atoms with E-state index < -0.39 is 0 Å². The zero-order valence-corrected chi connectivity index (χ0v) is 15.5. The molecule has 2 aromatic rings. The number of halogens is 1. The van der Waals surface area contributed by atoms with Crippen LogP contribution in [0.1, 0.15) is 51.5 Å². The predicted octanol–water partition coefficient (Wildman–Crippen LogP) is 3.19. The molecule has 138 valence electrons. The van der Waals surface area contributed by atoms with Crippen molar-refractivity contribution < 1.29 is 4.79 Å². The van der Waals surface area contributed by atoms with Crippen molar-refractivity contribution >= 4 is 23.5 Å². The van der Waals surface area contributed by atoms with Gasteiger partial charge in [0.15, 0.2) is 0 Å². The first kappa shape index (κ1) is 17.3. The Morgan fingerprint density at radius 1 is 1.15 bits per heavy atom. The summed E-state index contributed by atoms with van der Waals surface area (Å²) in [5.74, 6) is 0.630. The topological polar surface area (TPSA) is 84.7 Å². The second kappa shape index (κ2) is 7.23. The highest BCUT2D eigenvalue weighted by atomic mass is 35.5. The van der Waals surface area contributed by atoms with Crippen molar-refractivity contribution in [1.29, 1.82) is 0 Å². The van der Waals surface area contributed by atoms with Crippen LogP contribution in [0.25, 0.3) is 11.3 Å². The molecule has 7 nitrogen and oxygen atoms in total. The van der Waals surface area contributed by atoms with Crippen molar-refractivity contribution in [2.45, 2.75) is 63.6 Å². The van der Waals surface area contributed by atoms with Gasteiger partial charge in [0, 0.05) is 30.8 Å². The fourth-order valence-corrected chi connectivity index (χ4v) is 3.69. The second-order valence-corrected chi connectivity index (χ2v) is 7.63. The Morgan fingerprint density at radius 3 is 2.58 bits per heavy atom. The van der Waals surface area contributed by atoms with Crippen LogP contribution in [0, 0.1) is 0 Å². The number of hydrogen-bond acceptors (Lipinski definition) is 5. The van der Waals surface area contributed by atoms with Crippen molar-refractivity contribution in [2.75, 3.05) is 5.32 Å². The molecule has 0 saturated heterocycles. The van der Waals surface area contributed by atoms with Crippen molar-refractivity contribution in [3.05, 3.63) is 23.6 Å². The zero-order valence-electron chi connectivity index (χ0n) is 14.8. The van der Waals surface area contributed by atoms with Crippen LogP contribution in [-0.2, 0) is 4.79 Å². The molecule has 0 atom stereocenters. The van der Waals surface area contributed by atoms with Gasteiger partial charge in [0.1, 0.15) is 0 Å². The lowest BCUT2D eigenvalue weighted by Gasteiger charge is -2.29. The number of carbonyl (C=O) groups is 1. The number of amides is 1. The number of hydrogen-bond donors (Lipinski definition) is 2. The van der Waals surface area contributed by atoms with Crippen LogP contribution in [0.3, 0.4) is 0 Å². The summed E-state index contributed by atoms with van der Waals surface area (Å²) in [4.78, 5) is 20.1. The molecule has 0 aromatic carbocycles. The summed E-state index contributed by atoms with van der Waals surface area (Å²) in [5.41, 5.74) is 1.63. The molecular formula is C18H23ClN6O. The SMILES string of the molecule is CC(=O)NC1CCC(Nc2ncc(Cl)c(-c3cnn(C4CC4)c3)n2)CC1. The van der Waals surface area contributed by atoms with E-state index in [2.05, 4.69) is 25.7 Å². The normalized spacial score (nSPS) is 22.8. The van der Waals surface area contributed by atoms with Crippen LogP contribution in [0.15, 0.2) is 18.6 Å². The molecule has 0 radical (unpaired) electrons. The minimum Gasteiger partial charge on any atom is -0.354 e. The molecule has 0 spiro atoms. The maximum atomic E-state index is 11.2. The second-order valence-electron chi connectivity index (χ2n) is 7.22. The summed E-state index contributed by atoms with van der Waals surface area (Å²) in [7, 11) is 0. The van der Waals surface area contributed by atoms with E-state index in [1.807, 2.05) is 17.1 Å². The van der Waals surface area contributed by atoms with E-state index in [0.717, 1.165) is 31.2 Å². The van der Waals surface area contributed by atoms with E-state index >= 15 is 0 Å². The quantitative estimate of drug-likeness (QED) is 0.839. The van der Waals surface area contributed by atoms with Gasteiger partial charge in [-0.05, 0) is 38.5 Å². The fourth-order valence-electron chi connectivity index (χ4n) is 3.49. The van der Waals surface area contributed by atoms with Crippen molar-refractivity contribution in [3.8, 4) is 11.3 Å². The molecule has 0 bridgehead atoms. The molecule has 4 rings (SSSR count). The Balaban J connectivity index is 1.42. The largest absolute Gasteiger partial charge is 0.354 e. The van der Waals surface area contributed by atoms with Gasteiger partial charge in [-0.3, -0.25) is 9.48 Å². The third-order valence-corrected chi connectivity index (χ3v) is 5.28. The maximum Gasteiger partial charge on any atom is 0.223 e. The average Bonchev–Trinajstić information content (AvgIpc) is 3.35. The zero-order chi connectivity index (χ0) is 18.1. The third-order valence-electron chi connectivity index (χ3n) is 5.01. The van der Waals surface area contributed by atoms with Gasteiger partial charge in [-0.2, -0.15) is 5.10 Å². The van der Waals surface area contributed by atoms with Crippen LogP contribution < -0.4 is 10.6 Å². The minimum absolute atomic E-state index is 0.0406. The van der Waals surface area contributed by atoms with Crippen molar-refractivity contribution in [2.24, 2.45) is 0 Å². The van der Waals surface area contributed by atoms with E-state index in [4.69, 9.17) is 11.6 Å². The summed E-state index contributed by atoms with van der Waals surface area (Å²) < 4.78 is 1.99. The average molecular weight is 375 g/mol. The van der Waals surface area contributed by atoms with E-state index in [1.54, 1.807) is 13.1 Å². The number of nitrogens with one attached hydrogen (secondary N) is 2. The molecule has 2 fully saturated rings. The molecule has 2 aliphatic carbocycles. The van der Waals surface area contributed by atoms with Crippen LogP contribution in [0.4, 0.5) is 5.95 Å². The smallest absolute Gasteiger partial charge is 0.223 e. The Hall–Kier alpha value is -2.15. The minimum atomic E-state index is 0.0406. The van der Waals surface area contributed by atoms with Gasteiger partial charge in [0.05, 0.1) is 29.2 Å².